The van der Waals surface area contributed by atoms with Gasteiger partial charge < -0.3 is 19.9 Å². The highest BCUT2D eigenvalue weighted by molar-refractivity contribution is 5.95. The fourth-order valence-corrected chi connectivity index (χ4v) is 3.14. The monoisotopic (exact) mass is 386 g/mol. The second kappa shape index (κ2) is 8.28. The molecule has 150 valence electrons. The quantitative estimate of drug-likeness (QED) is 0.776. The van der Waals surface area contributed by atoms with Crippen LogP contribution in [0.2, 0.25) is 0 Å². The largest absolute Gasteiger partial charge is 0.489 e. The van der Waals surface area contributed by atoms with Crippen molar-refractivity contribution in [2.24, 2.45) is 7.05 Å². The van der Waals surface area contributed by atoms with Crippen molar-refractivity contribution < 1.29 is 14.3 Å². The molecule has 1 atom stereocenters. The molecule has 1 aromatic heterocycles. The number of carbonyl (C=O) groups excluding carboxylic acids is 2. The van der Waals surface area contributed by atoms with Crippen LogP contribution in [0, 0.1) is 0 Å². The Balaban J connectivity index is 1.59. The van der Waals surface area contributed by atoms with Gasteiger partial charge in [-0.1, -0.05) is 0 Å². The van der Waals surface area contributed by atoms with Crippen molar-refractivity contribution in [3.63, 3.8) is 0 Å². The van der Waals surface area contributed by atoms with Crippen LogP contribution in [0.1, 0.15) is 22.6 Å². The number of benzene rings is 1. The predicted octanol–water partition coefficient (Wildman–Crippen LogP) is 0.463. The SMILES string of the molecule is CN(C)C(=O)c1ccc2c(c1)N(C)[C@@H](CC(=O)NCCc1ncnn1C)CO2. The molecule has 1 aliphatic heterocycles. The Morgan fingerprint density at radius 3 is 2.79 bits per heavy atom. The van der Waals surface area contributed by atoms with Crippen LogP contribution >= 0.6 is 0 Å². The zero-order valence-corrected chi connectivity index (χ0v) is 16.7. The minimum atomic E-state index is -0.105. The van der Waals surface area contributed by atoms with E-state index >= 15 is 0 Å². The maximum absolute atomic E-state index is 12.3. The van der Waals surface area contributed by atoms with E-state index < -0.39 is 0 Å². The third kappa shape index (κ3) is 4.24. The molecule has 1 aliphatic rings. The van der Waals surface area contributed by atoms with Crippen LogP contribution in [0.5, 0.6) is 5.75 Å². The van der Waals surface area contributed by atoms with E-state index in [1.54, 1.807) is 30.9 Å². The lowest BCUT2D eigenvalue weighted by Gasteiger charge is -2.35. The second-order valence-electron chi connectivity index (χ2n) is 7.06. The molecular formula is C19H26N6O3. The third-order valence-electron chi connectivity index (χ3n) is 4.87. The van der Waals surface area contributed by atoms with Gasteiger partial charge in [0.1, 0.15) is 24.5 Å². The van der Waals surface area contributed by atoms with Crippen molar-refractivity contribution in [1.82, 2.24) is 25.0 Å². The van der Waals surface area contributed by atoms with Gasteiger partial charge in [-0.2, -0.15) is 5.10 Å². The lowest BCUT2D eigenvalue weighted by Crippen LogP contribution is -2.44. The summed E-state index contributed by atoms with van der Waals surface area (Å²) in [6.07, 6.45) is 2.43. The van der Waals surface area contributed by atoms with Crippen molar-refractivity contribution in [1.29, 1.82) is 0 Å². The number of rotatable bonds is 6. The number of aromatic nitrogens is 3. The summed E-state index contributed by atoms with van der Waals surface area (Å²) in [6.45, 7) is 0.919. The van der Waals surface area contributed by atoms with E-state index in [1.165, 1.54) is 11.2 Å². The smallest absolute Gasteiger partial charge is 0.253 e. The van der Waals surface area contributed by atoms with Crippen LogP contribution in [0.4, 0.5) is 5.69 Å². The topological polar surface area (TPSA) is 92.6 Å². The molecule has 0 spiro atoms. The lowest BCUT2D eigenvalue weighted by atomic mass is 10.1. The zero-order valence-electron chi connectivity index (χ0n) is 16.7. The minimum Gasteiger partial charge on any atom is -0.489 e. The number of ether oxygens (including phenoxy) is 1. The number of likely N-dealkylation sites (N-methyl/N-ethyl adjacent to an activating group) is 1. The van der Waals surface area contributed by atoms with E-state index in [0.717, 1.165) is 17.3 Å². The molecular weight excluding hydrogens is 360 g/mol. The molecule has 3 rings (SSSR count). The molecule has 1 N–H and O–H groups in total. The first kappa shape index (κ1) is 19.7. The number of carbonyl (C=O) groups is 2. The minimum absolute atomic E-state index is 0.0495. The van der Waals surface area contributed by atoms with Crippen molar-refractivity contribution in [2.75, 3.05) is 39.2 Å². The van der Waals surface area contributed by atoms with E-state index in [0.29, 0.717) is 31.6 Å². The van der Waals surface area contributed by atoms with Crippen LogP contribution in [-0.2, 0) is 18.3 Å². The van der Waals surface area contributed by atoms with Crippen LogP contribution in [0.3, 0.4) is 0 Å². The molecule has 2 heterocycles. The van der Waals surface area contributed by atoms with Crippen LogP contribution < -0.4 is 15.0 Å². The summed E-state index contributed by atoms with van der Waals surface area (Å²) in [4.78, 5) is 32.3. The summed E-state index contributed by atoms with van der Waals surface area (Å²) in [6, 6.07) is 5.27. The summed E-state index contributed by atoms with van der Waals surface area (Å²) in [5, 5.41) is 6.93. The molecule has 0 saturated heterocycles. The van der Waals surface area contributed by atoms with Gasteiger partial charge in [0, 0.05) is 46.7 Å². The maximum atomic E-state index is 12.3. The zero-order chi connectivity index (χ0) is 20.3. The summed E-state index contributed by atoms with van der Waals surface area (Å²) < 4.78 is 7.51. The summed E-state index contributed by atoms with van der Waals surface area (Å²) in [5.74, 6) is 1.42. The highest BCUT2D eigenvalue weighted by atomic mass is 16.5. The fourth-order valence-electron chi connectivity index (χ4n) is 3.14. The highest BCUT2D eigenvalue weighted by Crippen LogP contribution is 2.34. The molecule has 1 aromatic carbocycles. The Labute approximate surface area is 164 Å². The average molecular weight is 386 g/mol. The first-order valence-electron chi connectivity index (χ1n) is 9.17. The molecule has 0 unspecified atom stereocenters. The molecule has 9 heteroatoms. The highest BCUT2D eigenvalue weighted by Gasteiger charge is 2.27. The van der Waals surface area contributed by atoms with Gasteiger partial charge in [0.2, 0.25) is 5.91 Å². The van der Waals surface area contributed by atoms with Crippen molar-refractivity contribution in [2.45, 2.75) is 18.9 Å². The van der Waals surface area contributed by atoms with Gasteiger partial charge in [0.05, 0.1) is 18.2 Å². The number of aryl methyl sites for hydroxylation is 1. The molecule has 2 aromatic rings. The summed E-state index contributed by atoms with van der Waals surface area (Å²) in [7, 11) is 7.18. The van der Waals surface area contributed by atoms with E-state index in [1.807, 2.05) is 25.1 Å². The fraction of sp³-hybridized carbons (Fsp3) is 0.474. The third-order valence-corrected chi connectivity index (χ3v) is 4.87. The molecule has 0 radical (unpaired) electrons. The molecule has 0 aliphatic carbocycles. The predicted molar refractivity (Wildman–Crippen MR) is 104 cm³/mol. The first-order chi connectivity index (χ1) is 13.4. The van der Waals surface area contributed by atoms with Gasteiger partial charge in [-0.15, -0.1) is 0 Å². The lowest BCUT2D eigenvalue weighted by molar-refractivity contribution is -0.121. The average Bonchev–Trinajstić information content (AvgIpc) is 3.08. The van der Waals surface area contributed by atoms with E-state index in [4.69, 9.17) is 4.74 Å². The van der Waals surface area contributed by atoms with Gasteiger partial charge in [-0.3, -0.25) is 14.3 Å². The Bertz CT molecular complexity index is 863. The van der Waals surface area contributed by atoms with Gasteiger partial charge in [-0.05, 0) is 18.2 Å². The molecule has 0 saturated carbocycles. The van der Waals surface area contributed by atoms with Gasteiger partial charge >= 0.3 is 0 Å². The number of hydrogen-bond acceptors (Lipinski definition) is 6. The Morgan fingerprint density at radius 2 is 2.11 bits per heavy atom. The molecule has 0 fully saturated rings. The molecule has 2 amide bonds. The van der Waals surface area contributed by atoms with Crippen LogP contribution in [0.25, 0.3) is 0 Å². The van der Waals surface area contributed by atoms with Gasteiger partial charge in [0.25, 0.3) is 5.91 Å². The number of hydrogen-bond donors (Lipinski definition) is 1. The van der Waals surface area contributed by atoms with E-state index in [-0.39, 0.29) is 17.9 Å². The number of anilines is 1. The van der Waals surface area contributed by atoms with Crippen LogP contribution in [0.15, 0.2) is 24.5 Å². The molecule has 0 bridgehead atoms. The molecule has 9 nitrogen and oxygen atoms in total. The summed E-state index contributed by atoms with van der Waals surface area (Å²) in [5.41, 5.74) is 1.41. The van der Waals surface area contributed by atoms with Crippen molar-refractivity contribution >= 4 is 17.5 Å². The van der Waals surface area contributed by atoms with Gasteiger partial charge in [0.15, 0.2) is 0 Å². The summed E-state index contributed by atoms with van der Waals surface area (Å²) >= 11 is 0. The van der Waals surface area contributed by atoms with E-state index in [9.17, 15) is 9.59 Å². The normalized spacial score (nSPS) is 15.6. The number of fused-ring (bicyclic) bond motifs is 1. The first-order valence-corrected chi connectivity index (χ1v) is 9.17. The number of nitrogens with one attached hydrogen (secondary N) is 1. The van der Waals surface area contributed by atoms with E-state index in [2.05, 4.69) is 15.4 Å². The van der Waals surface area contributed by atoms with Gasteiger partial charge in [-0.25, -0.2) is 4.98 Å². The molecule has 28 heavy (non-hydrogen) atoms. The Kier molecular flexibility index (Phi) is 5.81. The number of nitrogens with zero attached hydrogens (tertiary/aromatic N) is 5. The Hall–Kier alpha value is -3.10. The standard InChI is InChI=1S/C19H26N6O3/c1-23(2)19(27)13-5-6-16-15(9-13)24(3)14(11-28-16)10-18(26)20-8-7-17-21-12-22-25(17)4/h5-6,9,12,14H,7-8,10-11H2,1-4H3,(H,20,26)/t14-/m0/s1. The second-order valence-corrected chi connectivity index (χ2v) is 7.06. The van der Waals surface area contributed by atoms with Crippen molar-refractivity contribution in [3.8, 4) is 5.75 Å². The Morgan fingerprint density at radius 1 is 1.32 bits per heavy atom. The van der Waals surface area contributed by atoms with Crippen molar-refractivity contribution in [3.05, 3.63) is 35.9 Å². The van der Waals surface area contributed by atoms with Crippen LogP contribution in [-0.4, -0.2) is 71.8 Å². The maximum Gasteiger partial charge on any atom is 0.253 e. The number of amides is 2.